The second kappa shape index (κ2) is 7.48. The van der Waals surface area contributed by atoms with Crippen LogP contribution in [-0.2, 0) is 6.42 Å². The van der Waals surface area contributed by atoms with Gasteiger partial charge in [0.2, 0.25) is 0 Å². The molecule has 2 rings (SSSR count). The highest BCUT2D eigenvalue weighted by Crippen LogP contribution is 2.31. The molecule has 0 fully saturated rings. The molecule has 0 saturated carbocycles. The summed E-state index contributed by atoms with van der Waals surface area (Å²) in [6.07, 6.45) is 0.944. The first-order valence-electron chi connectivity index (χ1n) is 7.44. The molecule has 112 valence electrons. The van der Waals surface area contributed by atoms with Crippen LogP contribution in [0.25, 0.3) is 0 Å². The van der Waals surface area contributed by atoms with Crippen molar-refractivity contribution in [2.24, 2.45) is 0 Å². The Labute approximate surface area is 132 Å². The summed E-state index contributed by atoms with van der Waals surface area (Å²) in [5, 5.41) is 4.10. The Morgan fingerprint density at radius 2 is 1.90 bits per heavy atom. The predicted molar refractivity (Wildman–Crippen MR) is 89.4 cm³/mol. The third-order valence-corrected chi connectivity index (χ3v) is 3.86. The lowest BCUT2D eigenvalue weighted by molar-refractivity contribution is 0.476. The minimum Gasteiger partial charge on any atom is -0.457 e. The molecule has 0 spiro atoms. The number of benzene rings is 2. The van der Waals surface area contributed by atoms with Crippen LogP contribution in [-0.4, -0.2) is 6.54 Å². The molecule has 1 unspecified atom stereocenters. The number of para-hydroxylation sites is 1. The molecular formula is C18H22ClNO. The van der Waals surface area contributed by atoms with Gasteiger partial charge in [-0.05, 0) is 49.2 Å². The molecule has 3 heteroatoms. The van der Waals surface area contributed by atoms with Gasteiger partial charge in [0.05, 0.1) is 0 Å². The Balaban J connectivity index is 2.20. The Morgan fingerprint density at radius 1 is 1.14 bits per heavy atom. The second-order valence-corrected chi connectivity index (χ2v) is 5.43. The highest BCUT2D eigenvalue weighted by atomic mass is 35.5. The summed E-state index contributed by atoms with van der Waals surface area (Å²) in [6.45, 7) is 7.23. The summed E-state index contributed by atoms with van der Waals surface area (Å²) in [5.74, 6) is 1.66. The van der Waals surface area contributed by atoms with E-state index >= 15 is 0 Å². The van der Waals surface area contributed by atoms with Gasteiger partial charge in [0.15, 0.2) is 0 Å². The molecule has 0 aliphatic heterocycles. The van der Waals surface area contributed by atoms with E-state index in [4.69, 9.17) is 16.3 Å². The maximum absolute atomic E-state index is 6.38. The van der Waals surface area contributed by atoms with Crippen molar-refractivity contribution in [1.82, 2.24) is 5.32 Å². The molecule has 0 saturated heterocycles. The number of hydrogen-bond donors (Lipinski definition) is 1. The number of rotatable bonds is 6. The van der Waals surface area contributed by atoms with Crippen molar-refractivity contribution < 1.29 is 4.74 Å². The van der Waals surface area contributed by atoms with Crippen molar-refractivity contribution in [3.8, 4) is 11.5 Å². The van der Waals surface area contributed by atoms with E-state index in [1.165, 1.54) is 5.56 Å². The second-order valence-electron chi connectivity index (χ2n) is 5.03. The Hall–Kier alpha value is -1.51. The van der Waals surface area contributed by atoms with E-state index in [1.807, 2.05) is 36.4 Å². The number of halogens is 1. The number of ether oxygens (including phenoxy) is 1. The van der Waals surface area contributed by atoms with Crippen molar-refractivity contribution in [2.45, 2.75) is 33.2 Å². The third-order valence-electron chi connectivity index (χ3n) is 3.53. The lowest BCUT2D eigenvalue weighted by atomic mass is 10.1. The number of hydrogen-bond acceptors (Lipinski definition) is 2. The minimum absolute atomic E-state index is 0.236. The van der Waals surface area contributed by atoms with Gasteiger partial charge < -0.3 is 10.1 Å². The zero-order valence-electron chi connectivity index (χ0n) is 12.8. The van der Waals surface area contributed by atoms with Crippen LogP contribution in [0.3, 0.4) is 0 Å². The normalized spacial score (nSPS) is 12.2. The van der Waals surface area contributed by atoms with Gasteiger partial charge >= 0.3 is 0 Å². The Morgan fingerprint density at radius 3 is 2.57 bits per heavy atom. The molecule has 0 aliphatic rings. The van der Waals surface area contributed by atoms with Crippen LogP contribution >= 0.6 is 11.6 Å². The largest absolute Gasteiger partial charge is 0.457 e. The van der Waals surface area contributed by atoms with Crippen LogP contribution in [0.2, 0.25) is 5.02 Å². The van der Waals surface area contributed by atoms with Crippen LogP contribution in [0.15, 0.2) is 42.5 Å². The molecule has 1 N–H and O–H groups in total. The summed E-state index contributed by atoms with van der Waals surface area (Å²) in [6, 6.07) is 14.2. The van der Waals surface area contributed by atoms with Gasteiger partial charge in [-0.3, -0.25) is 0 Å². The van der Waals surface area contributed by atoms with E-state index in [0.717, 1.165) is 35.1 Å². The molecule has 0 radical (unpaired) electrons. The maximum atomic E-state index is 6.38. The standard InChI is InChI=1S/C18H22ClNO/c1-4-14-8-6-7-9-18(14)21-15-10-11-16(17(19)12-15)13(3)20-5-2/h6-13,20H,4-5H2,1-3H3. The lowest BCUT2D eigenvalue weighted by Crippen LogP contribution is -2.17. The van der Waals surface area contributed by atoms with Crippen LogP contribution in [0.1, 0.15) is 37.9 Å². The molecule has 0 heterocycles. The first-order chi connectivity index (χ1) is 10.2. The number of nitrogens with one attached hydrogen (secondary N) is 1. The summed E-state index contributed by atoms with van der Waals surface area (Å²) in [7, 11) is 0. The minimum atomic E-state index is 0.236. The zero-order chi connectivity index (χ0) is 15.2. The highest BCUT2D eigenvalue weighted by molar-refractivity contribution is 6.31. The molecular weight excluding hydrogens is 282 g/mol. The van der Waals surface area contributed by atoms with Gasteiger partial charge in [-0.2, -0.15) is 0 Å². The van der Waals surface area contributed by atoms with E-state index in [2.05, 4.69) is 32.2 Å². The molecule has 0 aromatic heterocycles. The van der Waals surface area contributed by atoms with Crippen molar-refractivity contribution in [3.63, 3.8) is 0 Å². The summed E-state index contributed by atoms with van der Waals surface area (Å²) in [5.41, 5.74) is 2.29. The van der Waals surface area contributed by atoms with Crippen LogP contribution in [0, 0.1) is 0 Å². The average Bonchev–Trinajstić information content (AvgIpc) is 2.48. The monoisotopic (exact) mass is 303 g/mol. The van der Waals surface area contributed by atoms with E-state index in [-0.39, 0.29) is 6.04 Å². The predicted octanol–water partition coefficient (Wildman–Crippen LogP) is 5.37. The van der Waals surface area contributed by atoms with Gasteiger partial charge in [-0.25, -0.2) is 0 Å². The Bertz CT molecular complexity index is 598. The first kappa shape index (κ1) is 15.9. The van der Waals surface area contributed by atoms with Crippen molar-refractivity contribution in [1.29, 1.82) is 0 Å². The van der Waals surface area contributed by atoms with Crippen molar-refractivity contribution in [3.05, 3.63) is 58.6 Å². The van der Waals surface area contributed by atoms with Gasteiger partial charge in [0.25, 0.3) is 0 Å². The fraction of sp³-hybridized carbons (Fsp3) is 0.333. The maximum Gasteiger partial charge on any atom is 0.130 e. The van der Waals surface area contributed by atoms with Gasteiger partial charge in [-0.15, -0.1) is 0 Å². The molecule has 0 bridgehead atoms. The van der Waals surface area contributed by atoms with Crippen LogP contribution < -0.4 is 10.1 Å². The third kappa shape index (κ3) is 3.99. The van der Waals surface area contributed by atoms with E-state index in [0.29, 0.717) is 0 Å². The quantitative estimate of drug-likeness (QED) is 0.775. The molecule has 2 aromatic carbocycles. The summed E-state index contributed by atoms with van der Waals surface area (Å²) >= 11 is 6.38. The van der Waals surface area contributed by atoms with Crippen LogP contribution in [0.5, 0.6) is 11.5 Å². The van der Waals surface area contributed by atoms with E-state index in [1.54, 1.807) is 0 Å². The highest BCUT2D eigenvalue weighted by Gasteiger charge is 2.10. The summed E-state index contributed by atoms with van der Waals surface area (Å²) < 4.78 is 5.97. The fourth-order valence-electron chi connectivity index (χ4n) is 2.36. The van der Waals surface area contributed by atoms with Crippen molar-refractivity contribution >= 4 is 11.6 Å². The molecule has 0 aliphatic carbocycles. The summed E-state index contributed by atoms with van der Waals surface area (Å²) in [4.78, 5) is 0. The Kier molecular flexibility index (Phi) is 5.66. The molecule has 2 nitrogen and oxygen atoms in total. The van der Waals surface area contributed by atoms with Gasteiger partial charge in [0.1, 0.15) is 11.5 Å². The average molecular weight is 304 g/mol. The zero-order valence-corrected chi connectivity index (χ0v) is 13.6. The molecule has 21 heavy (non-hydrogen) atoms. The smallest absolute Gasteiger partial charge is 0.130 e. The fourth-order valence-corrected chi connectivity index (χ4v) is 2.70. The van der Waals surface area contributed by atoms with E-state index < -0.39 is 0 Å². The SMILES string of the molecule is CCNC(C)c1ccc(Oc2ccccc2CC)cc1Cl. The lowest BCUT2D eigenvalue weighted by Gasteiger charge is -2.16. The van der Waals surface area contributed by atoms with Gasteiger partial charge in [0, 0.05) is 11.1 Å². The van der Waals surface area contributed by atoms with Crippen LogP contribution in [0.4, 0.5) is 0 Å². The first-order valence-corrected chi connectivity index (χ1v) is 7.82. The molecule has 0 amide bonds. The van der Waals surface area contributed by atoms with E-state index in [9.17, 15) is 0 Å². The van der Waals surface area contributed by atoms with Gasteiger partial charge in [-0.1, -0.05) is 49.7 Å². The topological polar surface area (TPSA) is 21.3 Å². The van der Waals surface area contributed by atoms with Crippen molar-refractivity contribution in [2.75, 3.05) is 6.54 Å². The number of aryl methyl sites for hydroxylation is 1. The molecule has 2 aromatic rings. The molecule has 1 atom stereocenters.